The van der Waals surface area contributed by atoms with Crippen LogP contribution in [0.2, 0.25) is 0 Å². The summed E-state index contributed by atoms with van der Waals surface area (Å²) in [7, 11) is 1.48. The third kappa shape index (κ3) is 2.86. The number of aromatic nitrogens is 1. The van der Waals surface area contributed by atoms with Crippen LogP contribution in [0.25, 0.3) is 0 Å². The lowest BCUT2D eigenvalue weighted by molar-refractivity contribution is -0.0509. The van der Waals surface area contributed by atoms with Gasteiger partial charge in [0.15, 0.2) is 6.29 Å². The van der Waals surface area contributed by atoms with Crippen LogP contribution in [0.1, 0.15) is 29.8 Å². The number of hydrogen-bond donors (Lipinski definition) is 1. The van der Waals surface area contributed by atoms with Gasteiger partial charge < -0.3 is 19.5 Å². The van der Waals surface area contributed by atoms with Gasteiger partial charge in [0.1, 0.15) is 0 Å². The Bertz CT molecular complexity index is 507. The molecule has 7 heteroatoms. The van der Waals surface area contributed by atoms with E-state index in [1.54, 1.807) is 6.07 Å². The van der Waals surface area contributed by atoms with Gasteiger partial charge >= 0.3 is 0 Å². The molecule has 0 spiro atoms. The van der Waals surface area contributed by atoms with E-state index in [0.717, 1.165) is 0 Å². The molecule has 2 saturated heterocycles. The summed E-state index contributed by atoms with van der Waals surface area (Å²) in [6.07, 6.45) is 0.677. The Morgan fingerprint density at radius 2 is 2.14 bits per heavy atom. The zero-order chi connectivity index (χ0) is 14.9. The molecule has 0 amide bonds. The minimum absolute atomic E-state index is 0.171. The molecule has 0 aromatic carbocycles. The van der Waals surface area contributed by atoms with E-state index in [0.29, 0.717) is 36.8 Å². The molecule has 21 heavy (non-hydrogen) atoms. The number of hydrogen-bond acceptors (Lipinski definition) is 5. The molecule has 0 radical (unpaired) electrons. The Labute approximate surface area is 121 Å². The summed E-state index contributed by atoms with van der Waals surface area (Å²) in [6.45, 7) is 1.50. The van der Waals surface area contributed by atoms with Gasteiger partial charge in [-0.05, 0) is 11.6 Å². The first-order chi connectivity index (χ1) is 10.1. The van der Waals surface area contributed by atoms with Gasteiger partial charge in [-0.15, -0.1) is 0 Å². The first-order valence-corrected chi connectivity index (χ1v) is 6.97. The van der Waals surface area contributed by atoms with Crippen LogP contribution >= 0.6 is 0 Å². The molecule has 2 aliphatic rings. The molecule has 3 heterocycles. The van der Waals surface area contributed by atoms with Crippen molar-refractivity contribution < 1.29 is 23.0 Å². The number of pyridine rings is 1. The van der Waals surface area contributed by atoms with Gasteiger partial charge in [0.2, 0.25) is 5.88 Å². The van der Waals surface area contributed by atoms with Crippen molar-refractivity contribution in [1.82, 2.24) is 10.3 Å². The fourth-order valence-electron chi connectivity index (χ4n) is 2.74. The predicted octanol–water partition coefficient (Wildman–Crippen LogP) is 1.85. The molecule has 1 unspecified atom stereocenters. The molecule has 1 atom stereocenters. The van der Waals surface area contributed by atoms with E-state index in [9.17, 15) is 8.78 Å². The maximum atomic E-state index is 14.1. The Morgan fingerprint density at radius 3 is 2.81 bits per heavy atom. The Balaban J connectivity index is 1.94. The average molecular weight is 300 g/mol. The Hall–Kier alpha value is -1.31. The highest BCUT2D eigenvalue weighted by atomic mass is 19.3. The van der Waals surface area contributed by atoms with Gasteiger partial charge in [0, 0.05) is 25.7 Å². The SMILES string of the molecule is COc1ncc(C2CNCCC2(F)F)cc1C1OCCO1. The number of rotatable bonds is 3. The van der Waals surface area contributed by atoms with Crippen LogP contribution < -0.4 is 10.1 Å². The third-order valence-electron chi connectivity index (χ3n) is 3.86. The molecule has 0 aliphatic carbocycles. The summed E-state index contributed by atoms with van der Waals surface area (Å²) in [5, 5.41) is 3.01. The van der Waals surface area contributed by atoms with E-state index in [1.165, 1.54) is 13.3 Å². The number of methoxy groups -OCH3 is 1. The summed E-state index contributed by atoms with van der Waals surface area (Å²) in [6, 6.07) is 1.66. The van der Waals surface area contributed by atoms with Crippen molar-refractivity contribution in [2.24, 2.45) is 0 Å². The van der Waals surface area contributed by atoms with Crippen LogP contribution in [0.5, 0.6) is 5.88 Å². The number of alkyl halides is 2. The second-order valence-corrected chi connectivity index (χ2v) is 5.21. The van der Waals surface area contributed by atoms with Crippen LogP contribution in [-0.2, 0) is 9.47 Å². The van der Waals surface area contributed by atoms with E-state index in [2.05, 4.69) is 10.3 Å². The van der Waals surface area contributed by atoms with Crippen molar-refractivity contribution in [2.75, 3.05) is 33.4 Å². The highest BCUT2D eigenvalue weighted by molar-refractivity contribution is 5.34. The normalized spacial score (nSPS) is 26.0. The number of ether oxygens (including phenoxy) is 3. The van der Waals surface area contributed by atoms with Crippen LogP contribution in [0.15, 0.2) is 12.3 Å². The maximum Gasteiger partial charge on any atom is 0.257 e. The van der Waals surface area contributed by atoms with Crippen LogP contribution in [0.3, 0.4) is 0 Å². The zero-order valence-electron chi connectivity index (χ0n) is 11.8. The predicted molar refractivity (Wildman–Crippen MR) is 70.6 cm³/mol. The van der Waals surface area contributed by atoms with Crippen molar-refractivity contribution in [3.8, 4) is 5.88 Å². The van der Waals surface area contributed by atoms with E-state index in [4.69, 9.17) is 14.2 Å². The molecule has 5 nitrogen and oxygen atoms in total. The molecule has 1 N–H and O–H groups in total. The molecule has 3 rings (SSSR count). The second kappa shape index (κ2) is 5.82. The molecule has 116 valence electrons. The van der Waals surface area contributed by atoms with Gasteiger partial charge in [-0.1, -0.05) is 0 Å². The first-order valence-electron chi connectivity index (χ1n) is 6.97. The molecule has 1 aromatic heterocycles. The topological polar surface area (TPSA) is 52.6 Å². The Kier molecular flexibility index (Phi) is 4.05. The van der Waals surface area contributed by atoms with Gasteiger partial charge in [-0.25, -0.2) is 13.8 Å². The lowest BCUT2D eigenvalue weighted by Crippen LogP contribution is -2.43. The largest absolute Gasteiger partial charge is 0.481 e. The van der Waals surface area contributed by atoms with Crippen LogP contribution in [0, 0.1) is 0 Å². The number of piperidine rings is 1. The van der Waals surface area contributed by atoms with Crippen molar-refractivity contribution in [2.45, 2.75) is 24.6 Å². The molecule has 2 fully saturated rings. The number of nitrogens with zero attached hydrogens (tertiary/aromatic N) is 1. The van der Waals surface area contributed by atoms with Crippen molar-refractivity contribution in [3.05, 3.63) is 23.4 Å². The summed E-state index contributed by atoms with van der Waals surface area (Å²) in [5.74, 6) is -3.29. The molecule has 0 saturated carbocycles. The number of halogens is 2. The standard InChI is InChI=1S/C14H18F2N2O3/c1-19-12-10(13-20-4-5-21-13)6-9(7-18-12)11-8-17-3-2-14(11,15)16/h6-7,11,13,17H,2-5,8H2,1H3. The molecule has 1 aromatic rings. The van der Waals surface area contributed by atoms with Gasteiger partial charge in [0.05, 0.1) is 31.8 Å². The quantitative estimate of drug-likeness (QED) is 0.923. The van der Waals surface area contributed by atoms with E-state index in [1.807, 2.05) is 0 Å². The second-order valence-electron chi connectivity index (χ2n) is 5.21. The van der Waals surface area contributed by atoms with Crippen LogP contribution in [-0.4, -0.2) is 44.3 Å². The fourth-order valence-corrected chi connectivity index (χ4v) is 2.74. The van der Waals surface area contributed by atoms with Gasteiger partial charge in [-0.3, -0.25) is 0 Å². The monoisotopic (exact) mass is 300 g/mol. The highest BCUT2D eigenvalue weighted by Gasteiger charge is 2.43. The highest BCUT2D eigenvalue weighted by Crippen LogP contribution is 2.40. The smallest absolute Gasteiger partial charge is 0.257 e. The van der Waals surface area contributed by atoms with Crippen LogP contribution in [0.4, 0.5) is 8.78 Å². The molecule has 2 aliphatic heterocycles. The molecular formula is C14H18F2N2O3. The minimum Gasteiger partial charge on any atom is -0.481 e. The summed E-state index contributed by atoms with van der Waals surface area (Å²) in [4.78, 5) is 4.14. The molecule has 0 bridgehead atoms. The lowest BCUT2D eigenvalue weighted by atomic mass is 9.88. The molecular weight excluding hydrogens is 282 g/mol. The summed E-state index contributed by atoms with van der Waals surface area (Å²) in [5.41, 5.74) is 1.04. The van der Waals surface area contributed by atoms with Gasteiger partial charge in [-0.2, -0.15) is 0 Å². The summed E-state index contributed by atoms with van der Waals surface area (Å²) >= 11 is 0. The average Bonchev–Trinajstić information content (AvgIpc) is 3.00. The van der Waals surface area contributed by atoms with E-state index in [-0.39, 0.29) is 13.0 Å². The van der Waals surface area contributed by atoms with Crippen molar-refractivity contribution in [3.63, 3.8) is 0 Å². The summed E-state index contributed by atoms with van der Waals surface area (Å²) < 4.78 is 44.2. The Morgan fingerprint density at radius 1 is 1.38 bits per heavy atom. The first kappa shape index (κ1) is 14.6. The van der Waals surface area contributed by atoms with E-state index < -0.39 is 18.1 Å². The fraction of sp³-hybridized carbons (Fsp3) is 0.643. The van der Waals surface area contributed by atoms with Crippen molar-refractivity contribution >= 4 is 0 Å². The third-order valence-corrected chi connectivity index (χ3v) is 3.86. The zero-order valence-corrected chi connectivity index (χ0v) is 11.8. The van der Waals surface area contributed by atoms with Crippen molar-refractivity contribution in [1.29, 1.82) is 0 Å². The lowest BCUT2D eigenvalue weighted by Gasteiger charge is -2.32. The van der Waals surface area contributed by atoms with Gasteiger partial charge in [0.25, 0.3) is 5.92 Å². The minimum atomic E-state index is -2.74. The maximum absolute atomic E-state index is 14.1. The van der Waals surface area contributed by atoms with E-state index >= 15 is 0 Å². The number of nitrogens with one attached hydrogen (secondary N) is 1.